The van der Waals surface area contributed by atoms with Crippen molar-refractivity contribution in [2.24, 2.45) is 0 Å². The van der Waals surface area contributed by atoms with E-state index in [1.54, 1.807) is 21.5 Å². The Hall–Kier alpha value is -1.91. The lowest BCUT2D eigenvalue weighted by molar-refractivity contribution is 0.165. The van der Waals surface area contributed by atoms with E-state index in [-0.39, 0.29) is 13.2 Å². The molecule has 0 aromatic carbocycles. The molecule has 20 heavy (non-hydrogen) atoms. The summed E-state index contributed by atoms with van der Waals surface area (Å²) in [7, 11) is -4.00. The molecule has 8 nitrogen and oxygen atoms in total. The van der Waals surface area contributed by atoms with Crippen LogP contribution < -0.4 is 9.44 Å². The molecule has 10 heteroatoms. The maximum Gasteiger partial charge on any atom is 0.422 e. The summed E-state index contributed by atoms with van der Waals surface area (Å²) in [5.74, 6) is 0.520. The molecule has 0 spiro atoms. The lowest BCUT2D eigenvalue weighted by atomic mass is 10.6. The van der Waals surface area contributed by atoms with Gasteiger partial charge in [-0.05, 0) is 0 Å². The number of imidazole rings is 1. The van der Waals surface area contributed by atoms with Gasteiger partial charge in [0.1, 0.15) is 17.3 Å². The molecule has 2 rings (SSSR count). The Labute approximate surface area is 119 Å². The van der Waals surface area contributed by atoms with Crippen LogP contribution in [-0.2, 0) is 21.5 Å². The number of carbonyl (C=O) groups is 1. The molecule has 1 amide bonds. The second-order valence-electron chi connectivity index (χ2n) is 3.60. The average Bonchev–Trinajstić information content (AvgIpc) is 2.96. The standard InChI is InChI=1S/C10H12N4O4S2/c1-2-4-18-10(15)13-20(16,17)12-6-8-11-7-9-14(8)3-5-19-9/h2-3,5,7,12H,1,4,6H2,(H,13,15). The number of thiazole rings is 1. The number of carbonyl (C=O) groups excluding carboxylic acids is 1. The van der Waals surface area contributed by atoms with Gasteiger partial charge in [0.2, 0.25) is 0 Å². The van der Waals surface area contributed by atoms with E-state index < -0.39 is 16.3 Å². The van der Waals surface area contributed by atoms with Crippen LogP contribution in [0.15, 0.2) is 30.4 Å². The van der Waals surface area contributed by atoms with Crippen LogP contribution in [0.2, 0.25) is 0 Å². The predicted octanol–water partition coefficient (Wildman–Crippen LogP) is 0.642. The number of ether oxygens (including phenoxy) is 1. The lowest BCUT2D eigenvalue weighted by Crippen LogP contribution is -2.40. The molecule has 2 aromatic heterocycles. The molecule has 2 aromatic rings. The number of aromatic nitrogens is 2. The van der Waals surface area contributed by atoms with Crippen molar-refractivity contribution in [1.82, 2.24) is 18.8 Å². The minimum Gasteiger partial charge on any atom is -0.445 e. The van der Waals surface area contributed by atoms with Crippen molar-refractivity contribution in [1.29, 1.82) is 0 Å². The third-order valence-corrected chi connectivity index (χ3v) is 3.97. The van der Waals surface area contributed by atoms with Crippen LogP contribution in [0.4, 0.5) is 4.79 Å². The number of hydrogen-bond donors (Lipinski definition) is 2. The maximum atomic E-state index is 11.6. The van der Waals surface area contributed by atoms with Crippen LogP contribution in [0, 0.1) is 0 Å². The third kappa shape index (κ3) is 3.56. The van der Waals surface area contributed by atoms with Crippen molar-refractivity contribution in [3.8, 4) is 0 Å². The second-order valence-corrected chi connectivity index (χ2v) is 6.03. The Morgan fingerprint density at radius 3 is 3.15 bits per heavy atom. The van der Waals surface area contributed by atoms with Gasteiger partial charge in [-0.25, -0.2) is 14.5 Å². The fourth-order valence-corrected chi connectivity index (χ4v) is 2.77. The molecule has 0 saturated carbocycles. The number of fused-ring (bicyclic) bond motifs is 1. The van der Waals surface area contributed by atoms with Crippen LogP contribution >= 0.6 is 11.3 Å². The van der Waals surface area contributed by atoms with E-state index in [1.807, 2.05) is 5.38 Å². The summed E-state index contributed by atoms with van der Waals surface area (Å²) >= 11 is 1.49. The van der Waals surface area contributed by atoms with Crippen LogP contribution in [0.5, 0.6) is 0 Å². The molecule has 0 aliphatic heterocycles. The fourth-order valence-electron chi connectivity index (χ4n) is 1.39. The number of hydrogen-bond acceptors (Lipinski definition) is 6. The molecule has 0 aliphatic rings. The maximum absolute atomic E-state index is 11.6. The first-order chi connectivity index (χ1) is 9.52. The van der Waals surface area contributed by atoms with Crippen molar-refractivity contribution in [2.45, 2.75) is 6.54 Å². The zero-order valence-electron chi connectivity index (χ0n) is 10.3. The Bertz CT molecular complexity index is 719. The van der Waals surface area contributed by atoms with Crippen molar-refractivity contribution in [3.63, 3.8) is 0 Å². The van der Waals surface area contributed by atoms with E-state index in [1.165, 1.54) is 17.4 Å². The molecule has 0 radical (unpaired) electrons. The Kier molecular flexibility index (Phi) is 4.37. The summed E-state index contributed by atoms with van der Waals surface area (Å²) in [5, 5.41) is 1.86. The molecule has 0 bridgehead atoms. The fraction of sp³-hybridized carbons (Fsp3) is 0.200. The predicted molar refractivity (Wildman–Crippen MR) is 73.5 cm³/mol. The Morgan fingerprint density at radius 2 is 2.40 bits per heavy atom. The van der Waals surface area contributed by atoms with Crippen molar-refractivity contribution >= 4 is 32.5 Å². The molecule has 2 heterocycles. The van der Waals surface area contributed by atoms with Gasteiger partial charge in [-0.1, -0.05) is 12.7 Å². The lowest BCUT2D eigenvalue weighted by Gasteiger charge is -2.07. The van der Waals surface area contributed by atoms with Gasteiger partial charge in [-0.3, -0.25) is 4.40 Å². The number of rotatable bonds is 6. The molecular weight excluding hydrogens is 304 g/mol. The van der Waals surface area contributed by atoms with Crippen LogP contribution in [0.3, 0.4) is 0 Å². The highest BCUT2D eigenvalue weighted by molar-refractivity contribution is 7.88. The Balaban J connectivity index is 1.94. The van der Waals surface area contributed by atoms with Crippen molar-refractivity contribution in [2.75, 3.05) is 6.61 Å². The molecule has 0 fully saturated rings. The van der Waals surface area contributed by atoms with Gasteiger partial charge in [0, 0.05) is 11.6 Å². The zero-order chi connectivity index (χ0) is 14.6. The molecule has 108 valence electrons. The highest BCUT2D eigenvalue weighted by Crippen LogP contribution is 2.13. The van der Waals surface area contributed by atoms with Gasteiger partial charge >= 0.3 is 16.3 Å². The van der Waals surface area contributed by atoms with Gasteiger partial charge in [0.15, 0.2) is 0 Å². The van der Waals surface area contributed by atoms with Gasteiger partial charge in [-0.2, -0.15) is 13.1 Å². The zero-order valence-corrected chi connectivity index (χ0v) is 11.9. The molecule has 2 N–H and O–H groups in total. The van der Waals surface area contributed by atoms with E-state index in [9.17, 15) is 13.2 Å². The van der Waals surface area contributed by atoms with Gasteiger partial charge in [0.05, 0.1) is 12.7 Å². The van der Waals surface area contributed by atoms with E-state index in [4.69, 9.17) is 0 Å². The van der Waals surface area contributed by atoms with Gasteiger partial charge in [0.25, 0.3) is 0 Å². The van der Waals surface area contributed by atoms with E-state index >= 15 is 0 Å². The van der Waals surface area contributed by atoms with E-state index in [0.717, 1.165) is 4.83 Å². The summed E-state index contributed by atoms with van der Waals surface area (Å²) in [6.07, 6.45) is 3.68. The van der Waals surface area contributed by atoms with Gasteiger partial charge < -0.3 is 4.74 Å². The molecule has 0 unspecified atom stereocenters. The third-order valence-electron chi connectivity index (χ3n) is 2.21. The molecular formula is C10H12N4O4S2. The molecule has 0 saturated heterocycles. The summed E-state index contributed by atoms with van der Waals surface area (Å²) in [4.78, 5) is 16.1. The smallest absolute Gasteiger partial charge is 0.422 e. The number of amides is 1. The minimum absolute atomic E-state index is 0.0467. The quantitative estimate of drug-likeness (QED) is 0.762. The summed E-state index contributed by atoms with van der Waals surface area (Å²) < 4.78 is 33.4. The first-order valence-electron chi connectivity index (χ1n) is 5.46. The van der Waals surface area contributed by atoms with E-state index in [2.05, 4.69) is 21.0 Å². The summed E-state index contributed by atoms with van der Waals surface area (Å²) in [6.45, 7) is 3.22. The topological polar surface area (TPSA) is 102 Å². The molecule has 0 aliphatic carbocycles. The second kappa shape index (κ2) is 6.03. The SMILES string of the molecule is C=CCOC(=O)NS(=O)(=O)NCc1ncc2sccn12. The highest BCUT2D eigenvalue weighted by Gasteiger charge is 2.16. The van der Waals surface area contributed by atoms with Crippen LogP contribution in [-0.4, -0.2) is 30.5 Å². The summed E-state index contributed by atoms with van der Waals surface area (Å²) in [6, 6.07) is 0. The van der Waals surface area contributed by atoms with Crippen LogP contribution in [0.1, 0.15) is 5.82 Å². The number of nitrogens with one attached hydrogen (secondary N) is 2. The normalized spacial score (nSPS) is 11.4. The van der Waals surface area contributed by atoms with Crippen molar-refractivity contribution in [3.05, 3.63) is 36.3 Å². The highest BCUT2D eigenvalue weighted by atomic mass is 32.2. The monoisotopic (exact) mass is 316 g/mol. The summed E-state index contributed by atoms with van der Waals surface area (Å²) in [5.41, 5.74) is 0. The van der Waals surface area contributed by atoms with E-state index in [0.29, 0.717) is 5.82 Å². The average molecular weight is 316 g/mol. The largest absolute Gasteiger partial charge is 0.445 e. The van der Waals surface area contributed by atoms with Gasteiger partial charge in [-0.15, -0.1) is 11.3 Å². The van der Waals surface area contributed by atoms with Crippen LogP contribution in [0.25, 0.3) is 4.83 Å². The minimum atomic E-state index is -4.00. The first-order valence-corrected chi connectivity index (χ1v) is 7.82. The Morgan fingerprint density at radius 1 is 1.60 bits per heavy atom. The van der Waals surface area contributed by atoms with Crippen molar-refractivity contribution < 1.29 is 17.9 Å². The first kappa shape index (κ1) is 14.5. The molecule has 0 atom stereocenters. The number of nitrogens with zero attached hydrogens (tertiary/aromatic N) is 2.